The van der Waals surface area contributed by atoms with Crippen LogP contribution in [0.1, 0.15) is 43.5 Å². The number of hydrogen-bond acceptors (Lipinski definition) is 7. The van der Waals surface area contributed by atoms with Gasteiger partial charge in [0.2, 0.25) is 15.9 Å². The standard InChI is InChI=1S/C30H37ClN3O6PS/c1-5-23-19-32-15-14-26(23)24-10-8-11-25(18-24)28-20-33(30(35)21-41(36,39-6-2)40-7-3)16-17-34(28)42(37,38)29-13-9-12-27(31)22(29)4/h8-15,18-19,28H,5-7,16-17,20-21H2,1-4H3. The number of hydrogen-bond donors (Lipinski definition) is 0. The van der Waals surface area contributed by atoms with E-state index in [1.807, 2.05) is 36.5 Å². The van der Waals surface area contributed by atoms with Gasteiger partial charge in [-0.05, 0) is 79.3 Å². The molecule has 42 heavy (non-hydrogen) atoms. The van der Waals surface area contributed by atoms with Crippen molar-refractivity contribution in [2.45, 2.75) is 45.1 Å². The molecule has 4 rings (SSSR count). The Morgan fingerprint density at radius 1 is 1.07 bits per heavy atom. The first-order valence-electron chi connectivity index (χ1n) is 14.0. The Labute approximate surface area is 253 Å². The molecule has 1 aliphatic rings. The van der Waals surface area contributed by atoms with Gasteiger partial charge in [0.05, 0.1) is 24.2 Å². The van der Waals surface area contributed by atoms with Crippen LogP contribution >= 0.6 is 19.2 Å². The van der Waals surface area contributed by atoms with Gasteiger partial charge in [0.1, 0.15) is 6.16 Å². The molecule has 3 aromatic rings. The van der Waals surface area contributed by atoms with E-state index in [1.165, 1.54) is 4.31 Å². The molecule has 2 aromatic carbocycles. The zero-order chi connectivity index (χ0) is 30.5. The highest BCUT2D eigenvalue weighted by Crippen LogP contribution is 2.48. The van der Waals surface area contributed by atoms with Gasteiger partial charge < -0.3 is 13.9 Å². The number of pyridine rings is 1. The second-order valence-corrected chi connectivity index (χ2v) is 14.3. The molecular formula is C30H37ClN3O6PS. The number of carbonyl (C=O) groups is 1. The lowest BCUT2D eigenvalue weighted by molar-refractivity contribution is -0.130. The Morgan fingerprint density at radius 2 is 1.79 bits per heavy atom. The molecule has 1 fully saturated rings. The number of nitrogens with zero attached hydrogens (tertiary/aromatic N) is 3. The molecule has 1 saturated heterocycles. The molecule has 1 atom stereocenters. The lowest BCUT2D eigenvalue weighted by atomic mass is 9.95. The van der Waals surface area contributed by atoms with Crippen molar-refractivity contribution in [1.82, 2.24) is 14.2 Å². The minimum atomic E-state index is -4.01. The summed E-state index contributed by atoms with van der Waals surface area (Å²) in [5.41, 5.74) is 4.18. The molecule has 226 valence electrons. The van der Waals surface area contributed by atoms with Crippen LogP contribution in [0.3, 0.4) is 0 Å². The minimum Gasteiger partial charge on any atom is -0.339 e. The number of amides is 1. The molecule has 0 spiro atoms. The highest BCUT2D eigenvalue weighted by molar-refractivity contribution is 7.89. The quantitative estimate of drug-likeness (QED) is 0.235. The van der Waals surface area contributed by atoms with Crippen LogP contribution in [0.15, 0.2) is 65.8 Å². The Balaban J connectivity index is 1.76. The molecule has 12 heteroatoms. The number of aromatic nitrogens is 1. The third-order valence-corrected chi connectivity index (χ3v) is 11.8. The van der Waals surface area contributed by atoms with Gasteiger partial charge in [-0.25, -0.2) is 8.42 Å². The van der Waals surface area contributed by atoms with Gasteiger partial charge >= 0.3 is 7.60 Å². The second kappa shape index (κ2) is 13.8. The van der Waals surface area contributed by atoms with E-state index in [2.05, 4.69) is 11.9 Å². The van der Waals surface area contributed by atoms with Gasteiger partial charge in [0.15, 0.2) is 0 Å². The zero-order valence-corrected chi connectivity index (χ0v) is 26.8. The number of benzene rings is 2. The van der Waals surface area contributed by atoms with Crippen LogP contribution in [0, 0.1) is 6.92 Å². The maximum absolute atomic E-state index is 14.1. The van der Waals surface area contributed by atoms with Crippen LogP contribution in [-0.2, 0) is 34.9 Å². The van der Waals surface area contributed by atoms with Gasteiger partial charge in [-0.15, -0.1) is 0 Å². The fourth-order valence-electron chi connectivity index (χ4n) is 5.24. The maximum atomic E-state index is 14.1. The Hall–Kier alpha value is -2.59. The molecule has 0 aliphatic carbocycles. The van der Waals surface area contributed by atoms with Gasteiger partial charge in [0.25, 0.3) is 0 Å². The van der Waals surface area contributed by atoms with Crippen LogP contribution in [0.25, 0.3) is 11.1 Å². The molecule has 0 bridgehead atoms. The lowest BCUT2D eigenvalue weighted by Gasteiger charge is -2.41. The summed E-state index contributed by atoms with van der Waals surface area (Å²) in [6, 6.07) is 13.7. The molecule has 2 heterocycles. The molecule has 1 unspecified atom stereocenters. The summed E-state index contributed by atoms with van der Waals surface area (Å²) in [7, 11) is -7.65. The van der Waals surface area contributed by atoms with Gasteiger partial charge in [-0.2, -0.15) is 4.31 Å². The van der Waals surface area contributed by atoms with Crippen molar-refractivity contribution in [2.75, 3.05) is 39.0 Å². The van der Waals surface area contributed by atoms with E-state index in [-0.39, 0.29) is 37.7 Å². The summed E-state index contributed by atoms with van der Waals surface area (Å²) >= 11 is 6.32. The Morgan fingerprint density at radius 3 is 2.48 bits per heavy atom. The average molecular weight is 634 g/mol. The summed E-state index contributed by atoms with van der Waals surface area (Å²) in [6.45, 7) is 7.62. The van der Waals surface area contributed by atoms with Gasteiger partial charge in [0, 0.05) is 37.1 Å². The summed E-state index contributed by atoms with van der Waals surface area (Å²) in [5.74, 6) is -0.417. The number of aryl methyl sites for hydroxylation is 1. The van der Waals surface area contributed by atoms with Gasteiger partial charge in [-0.1, -0.05) is 42.8 Å². The molecule has 9 nitrogen and oxygen atoms in total. The number of halogens is 1. The Kier molecular flexibility index (Phi) is 10.6. The summed E-state index contributed by atoms with van der Waals surface area (Å²) in [6.07, 6.45) is 3.93. The fourth-order valence-corrected chi connectivity index (χ4v) is 8.89. The lowest BCUT2D eigenvalue weighted by Crippen LogP contribution is -2.53. The summed E-state index contributed by atoms with van der Waals surface area (Å²) in [4.78, 5) is 19.4. The van der Waals surface area contributed by atoms with Crippen LogP contribution in [0.4, 0.5) is 0 Å². The molecular weight excluding hydrogens is 597 g/mol. The molecule has 0 saturated carbocycles. The Bertz CT molecular complexity index is 1570. The monoisotopic (exact) mass is 633 g/mol. The molecule has 1 aliphatic heterocycles. The number of carbonyl (C=O) groups excluding carboxylic acids is 1. The zero-order valence-electron chi connectivity index (χ0n) is 24.3. The van der Waals surface area contributed by atoms with Gasteiger partial charge in [-0.3, -0.25) is 14.3 Å². The van der Waals surface area contributed by atoms with E-state index in [0.29, 0.717) is 10.6 Å². The van der Waals surface area contributed by atoms with E-state index >= 15 is 0 Å². The number of sulfonamides is 1. The first kappa shape index (κ1) is 32.3. The van der Waals surface area contributed by atoms with Crippen molar-refractivity contribution in [3.63, 3.8) is 0 Å². The van der Waals surface area contributed by atoms with Crippen molar-refractivity contribution in [2.24, 2.45) is 0 Å². The van der Waals surface area contributed by atoms with E-state index in [4.69, 9.17) is 20.6 Å². The van der Waals surface area contributed by atoms with Crippen LogP contribution in [0.5, 0.6) is 0 Å². The first-order chi connectivity index (χ1) is 20.0. The fraction of sp³-hybridized carbons (Fsp3) is 0.400. The number of rotatable bonds is 11. The molecule has 1 aromatic heterocycles. The normalized spacial score (nSPS) is 16.5. The maximum Gasteiger partial charge on any atom is 0.340 e. The van der Waals surface area contributed by atoms with Crippen molar-refractivity contribution in [3.05, 3.63) is 82.6 Å². The highest BCUT2D eigenvalue weighted by Gasteiger charge is 2.41. The van der Waals surface area contributed by atoms with E-state index in [0.717, 1.165) is 28.7 Å². The van der Waals surface area contributed by atoms with Crippen LogP contribution in [0.2, 0.25) is 5.02 Å². The van der Waals surface area contributed by atoms with Crippen molar-refractivity contribution < 1.29 is 26.8 Å². The number of piperazine rings is 1. The van der Waals surface area contributed by atoms with Crippen LogP contribution < -0.4 is 0 Å². The molecule has 1 amide bonds. The largest absolute Gasteiger partial charge is 0.340 e. The average Bonchev–Trinajstić information content (AvgIpc) is 2.98. The van der Waals surface area contributed by atoms with E-state index in [9.17, 15) is 17.8 Å². The van der Waals surface area contributed by atoms with E-state index < -0.39 is 35.7 Å². The smallest absolute Gasteiger partial charge is 0.339 e. The minimum absolute atomic E-state index is 0.0396. The van der Waals surface area contributed by atoms with Crippen molar-refractivity contribution in [1.29, 1.82) is 0 Å². The summed E-state index contributed by atoms with van der Waals surface area (Å²) < 4.78 is 53.6. The summed E-state index contributed by atoms with van der Waals surface area (Å²) in [5, 5.41) is 0.357. The SMILES string of the molecule is CCOP(=O)(CC(=O)N1CCN(S(=O)(=O)c2cccc(Cl)c2C)C(c2cccc(-c3ccncc3CC)c2)C1)OCC. The third kappa shape index (κ3) is 6.96. The predicted molar refractivity (Wildman–Crippen MR) is 164 cm³/mol. The first-order valence-corrected chi connectivity index (χ1v) is 17.5. The van der Waals surface area contributed by atoms with E-state index in [1.54, 1.807) is 50.1 Å². The van der Waals surface area contributed by atoms with Crippen LogP contribution in [-0.4, -0.2) is 67.5 Å². The van der Waals surface area contributed by atoms with Crippen molar-refractivity contribution >= 4 is 35.1 Å². The molecule has 0 radical (unpaired) electrons. The topological polar surface area (TPSA) is 106 Å². The highest BCUT2D eigenvalue weighted by atomic mass is 35.5. The third-order valence-electron chi connectivity index (χ3n) is 7.34. The predicted octanol–water partition coefficient (Wildman–Crippen LogP) is 6.11. The molecule has 0 N–H and O–H groups in total. The van der Waals surface area contributed by atoms with Crippen molar-refractivity contribution in [3.8, 4) is 11.1 Å². The second-order valence-electron chi connectivity index (χ2n) is 9.95.